The van der Waals surface area contributed by atoms with Gasteiger partial charge in [-0.2, -0.15) is 0 Å². The van der Waals surface area contributed by atoms with E-state index in [-0.39, 0.29) is 36.1 Å². The van der Waals surface area contributed by atoms with Gasteiger partial charge < -0.3 is 25.6 Å². The Morgan fingerprint density at radius 3 is 2.47 bits per heavy atom. The first kappa shape index (κ1) is 30.2. The lowest BCUT2D eigenvalue weighted by atomic mass is 10.0. The molecule has 1 aromatic heterocycles. The van der Waals surface area contributed by atoms with Gasteiger partial charge in [-0.05, 0) is 58.1 Å². The highest BCUT2D eigenvalue weighted by Crippen LogP contribution is 2.11. The molecule has 1 aromatic rings. The summed E-state index contributed by atoms with van der Waals surface area (Å²) in [5.41, 5.74) is -0.499. The number of guanidine groups is 1. The van der Waals surface area contributed by atoms with Gasteiger partial charge in [0, 0.05) is 46.0 Å². The third-order valence-corrected chi connectivity index (χ3v) is 4.71. The molecule has 1 amide bonds. The topological polar surface area (TPSA) is 90.9 Å². The maximum Gasteiger partial charge on any atom is 0.407 e. The Hall–Kier alpha value is -1.78. The first-order valence-electron chi connectivity index (χ1n) is 11.2. The zero-order valence-electron chi connectivity index (χ0n) is 20.8. The highest BCUT2D eigenvalue weighted by Gasteiger charge is 2.22. The molecule has 9 heteroatoms. The number of anilines is 1. The smallest absolute Gasteiger partial charge is 0.407 e. The number of carbonyl (C=O) groups excluding carboxylic acids is 1. The van der Waals surface area contributed by atoms with Crippen molar-refractivity contribution in [1.82, 2.24) is 20.5 Å². The standard InChI is InChI=1S/C23H42N6O2.HI/c1-18(2)19(28-22(30)31-23(3,4)5)13-17-29(7)21(24-6)27-16-11-10-15-26-20-12-8-9-14-25-20;/h8-9,12,14,18-19H,10-11,13,15-17H2,1-7H3,(H,24,27)(H,25,26)(H,28,30);1H. The van der Waals surface area contributed by atoms with Crippen LogP contribution in [0.15, 0.2) is 29.4 Å². The molecule has 0 aromatic carbocycles. The number of pyridine rings is 1. The van der Waals surface area contributed by atoms with Gasteiger partial charge in [-0.1, -0.05) is 19.9 Å². The molecule has 0 spiro atoms. The van der Waals surface area contributed by atoms with Gasteiger partial charge in [0.25, 0.3) is 0 Å². The van der Waals surface area contributed by atoms with Gasteiger partial charge in [-0.3, -0.25) is 4.99 Å². The molecule has 0 radical (unpaired) electrons. The van der Waals surface area contributed by atoms with Crippen LogP contribution in [0.4, 0.5) is 10.6 Å². The summed E-state index contributed by atoms with van der Waals surface area (Å²) in [7, 11) is 3.81. The van der Waals surface area contributed by atoms with E-state index in [1.807, 2.05) is 46.0 Å². The van der Waals surface area contributed by atoms with Crippen molar-refractivity contribution < 1.29 is 9.53 Å². The summed E-state index contributed by atoms with van der Waals surface area (Å²) in [6, 6.07) is 5.89. The molecule has 0 aliphatic rings. The van der Waals surface area contributed by atoms with Gasteiger partial charge in [0.15, 0.2) is 5.96 Å². The molecular formula is C23H43IN6O2. The molecule has 32 heavy (non-hydrogen) atoms. The number of ether oxygens (including phenoxy) is 1. The predicted molar refractivity (Wildman–Crippen MR) is 144 cm³/mol. The van der Waals surface area contributed by atoms with Crippen LogP contribution in [0.1, 0.15) is 53.9 Å². The van der Waals surface area contributed by atoms with Crippen LogP contribution in [-0.4, -0.2) is 67.3 Å². The molecule has 3 N–H and O–H groups in total. The van der Waals surface area contributed by atoms with Crippen molar-refractivity contribution in [3.63, 3.8) is 0 Å². The Morgan fingerprint density at radius 2 is 1.91 bits per heavy atom. The summed E-state index contributed by atoms with van der Waals surface area (Å²) in [4.78, 5) is 22.9. The fourth-order valence-corrected chi connectivity index (χ4v) is 2.99. The van der Waals surface area contributed by atoms with E-state index in [1.165, 1.54) is 0 Å². The number of hydrogen-bond donors (Lipinski definition) is 3. The van der Waals surface area contributed by atoms with Crippen LogP contribution in [-0.2, 0) is 4.74 Å². The lowest BCUT2D eigenvalue weighted by molar-refractivity contribution is 0.0486. The molecule has 0 saturated heterocycles. The van der Waals surface area contributed by atoms with E-state index in [1.54, 1.807) is 13.2 Å². The molecule has 1 unspecified atom stereocenters. The molecule has 1 rings (SSSR count). The Bertz CT molecular complexity index is 664. The Morgan fingerprint density at radius 1 is 1.22 bits per heavy atom. The third-order valence-electron chi connectivity index (χ3n) is 4.71. The molecule has 0 bridgehead atoms. The lowest BCUT2D eigenvalue weighted by Gasteiger charge is -2.28. The number of nitrogens with one attached hydrogen (secondary N) is 3. The van der Waals surface area contributed by atoms with Crippen LogP contribution in [0.3, 0.4) is 0 Å². The van der Waals surface area contributed by atoms with Crippen molar-refractivity contribution in [1.29, 1.82) is 0 Å². The van der Waals surface area contributed by atoms with Gasteiger partial charge in [0.1, 0.15) is 11.4 Å². The summed E-state index contributed by atoms with van der Waals surface area (Å²) in [5, 5.41) is 9.74. The highest BCUT2D eigenvalue weighted by molar-refractivity contribution is 14.0. The van der Waals surface area contributed by atoms with Gasteiger partial charge in [-0.25, -0.2) is 9.78 Å². The number of carbonyl (C=O) groups is 1. The van der Waals surface area contributed by atoms with Crippen LogP contribution in [0.2, 0.25) is 0 Å². The van der Waals surface area contributed by atoms with Crippen LogP contribution in [0, 0.1) is 5.92 Å². The summed E-state index contributed by atoms with van der Waals surface area (Å²) in [6.45, 7) is 12.3. The van der Waals surface area contributed by atoms with Crippen molar-refractivity contribution in [3.8, 4) is 0 Å². The molecule has 0 aliphatic carbocycles. The van der Waals surface area contributed by atoms with Gasteiger partial charge in [0.2, 0.25) is 0 Å². The van der Waals surface area contributed by atoms with E-state index < -0.39 is 5.60 Å². The summed E-state index contributed by atoms with van der Waals surface area (Å²) < 4.78 is 5.40. The number of alkyl carbamates (subject to hydrolysis) is 1. The van der Waals surface area contributed by atoms with E-state index in [0.717, 1.165) is 50.7 Å². The third kappa shape index (κ3) is 13.6. The number of halogens is 1. The number of aromatic nitrogens is 1. The maximum absolute atomic E-state index is 12.1. The van der Waals surface area contributed by atoms with Crippen molar-refractivity contribution in [2.75, 3.05) is 39.0 Å². The Kier molecular flexibility index (Phi) is 15.0. The molecule has 8 nitrogen and oxygen atoms in total. The largest absolute Gasteiger partial charge is 0.444 e. The number of hydrogen-bond acceptors (Lipinski definition) is 5. The molecular weight excluding hydrogens is 519 g/mol. The van der Waals surface area contributed by atoms with Crippen molar-refractivity contribution in [3.05, 3.63) is 24.4 Å². The lowest BCUT2D eigenvalue weighted by Crippen LogP contribution is -2.45. The summed E-state index contributed by atoms with van der Waals surface area (Å²) >= 11 is 0. The van der Waals surface area contributed by atoms with Gasteiger partial charge in [0.05, 0.1) is 0 Å². The minimum atomic E-state index is -0.499. The normalized spacial score (nSPS) is 12.6. The quantitative estimate of drug-likeness (QED) is 0.161. The van der Waals surface area contributed by atoms with Gasteiger partial charge >= 0.3 is 6.09 Å². The molecule has 0 saturated carbocycles. The predicted octanol–water partition coefficient (Wildman–Crippen LogP) is 4.34. The molecule has 0 aliphatic heterocycles. The molecule has 1 atom stereocenters. The average Bonchev–Trinajstić information content (AvgIpc) is 2.69. The minimum Gasteiger partial charge on any atom is -0.444 e. The van der Waals surface area contributed by atoms with E-state index in [0.29, 0.717) is 5.92 Å². The van der Waals surface area contributed by atoms with Crippen LogP contribution in [0.25, 0.3) is 0 Å². The number of unbranched alkanes of at least 4 members (excludes halogenated alkanes) is 1. The number of rotatable bonds is 11. The monoisotopic (exact) mass is 562 g/mol. The number of nitrogens with zero attached hydrogens (tertiary/aromatic N) is 3. The van der Waals surface area contributed by atoms with E-state index in [4.69, 9.17) is 4.74 Å². The van der Waals surface area contributed by atoms with E-state index in [2.05, 4.69) is 44.7 Å². The summed E-state index contributed by atoms with van der Waals surface area (Å²) in [5.74, 6) is 2.07. The van der Waals surface area contributed by atoms with Gasteiger partial charge in [-0.15, -0.1) is 24.0 Å². The van der Waals surface area contributed by atoms with Crippen molar-refractivity contribution in [2.45, 2.75) is 65.5 Å². The fraction of sp³-hybridized carbons (Fsp3) is 0.696. The zero-order chi connectivity index (χ0) is 23.3. The summed E-state index contributed by atoms with van der Waals surface area (Å²) in [6.07, 6.45) is 4.30. The first-order valence-corrected chi connectivity index (χ1v) is 11.2. The van der Waals surface area contributed by atoms with Crippen molar-refractivity contribution in [2.24, 2.45) is 10.9 Å². The van der Waals surface area contributed by atoms with Crippen LogP contribution in [0.5, 0.6) is 0 Å². The second-order valence-corrected chi connectivity index (χ2v) is 9.03. The minimum absolute atomic E-state index is 0. The SMILES string of the molecule is CN=C(NCCCCNc1ccccn1)N(C)CCC(NC(=O)OC(C)(C)C)C(C)C.I. The molecule has 0 fully saturated rings. The molecule has 1 heterocycles. The fourth-order valence-electron chi connectivity index (χ4n) is 2.99. The second-order valence-electron chi connectivity index (χ2n) is 9.03. The van der Waals surface area contributed by atoms with E-state index in [9.17, 15) is 4.79 Å². The van der Waals surface area contributed by atoms with Crippen molar-refractivity contribution >= 4 is 41.8 Å². The maximum atomic E-state index is 12.1. The van der Waals surface area contributed by atoms with E-state index >= 15 is 0 Å². The highest BCUT2D eigenvalue weighted by atomic mass is 127. The number of aliphatic imine (C=N–C) groups is 1. The van der Waals surface area contributed by atoms with Crippen LogP contribution >= 0.6 is 24.0 Å². The number of amides is 1. The Balaban J connectivity index is 0.00000961. The molecule has 184 valence electrons. The Labute approximate surface area is 211 Å². The average molecular weight is 563 g/mol. The van der Waals surface area contributed by atoms with Crippen LogP contribution < -0.4 is 16.0 Å². The zero-order valence-corrected chi connectivity index (χ0v) is 23.1. The first-order chi connectivity index (χ1) is 14.6. The second kappa shape index (κ2) is 15.9.